The molecule has 0 N–H and O–H groups in total. The van der Waals surface area contributed by atoms with Crippen LogP contribution < -0.4 is 0 Å². The van der Waals surface area contributed by atoms with Crippen LogP contribution in [0.15, 0.2) is 138 Å². The van der Waals surface area contributed by atoms with Gasteiger partial charge in [0.05, 0.1) is 56.0 Å². The van der Waals surface area contributed by atoms with Crippen molar-refractivity contribution in [1.82, 2.24) is 13.7 Å². The number of allylic oxidation sites excluding steroid dienone is 1. The highest BCUT2D eigenvalue weighted by Crippen LogP contribution is 2.45. The standard InChI is InChI=1S/C58H45N5O/c1-57(2,3)35-19-23-48-42(29-35)43-30-36(58(4,5)6)20-24-49(43)62(48)52-27-34(32-59)28-53(45(52)33-60)63-50-25-21-37(61-46-16-10-7-13-38(46)39-14-8-11-17-47(39)61)31-44(50)55-51(63)26-22-41-40-15-9-12-18-54(40)64-56(41)55/h7,9-13,15-31H,8,14H2,1-6H3. The summed E-state index contributed by atoms with van der Waals surface area (Å²) < 4.78 is 13.6. The highest BCUT2D eigenvalue weighted by molar-refractivity contribution is 6.24. The van der Waals surface area contributed by atoms with Gasteiger partial charge in [-0.2, -0.15) is 10.5 Å². The smallest absolute Gasteiger partial charge is 0.145 e. The molecule has 0 bridgehead atoms. The number of fused-ring (bicyclic) bond motifs is 13. The zero-order valence-electron chi connectivity index (χ0n) is 36.8. The van der Waals surface area contributed by atoms with Crippen LogP contribution in [-0.2, 0) is 17.3 Å². The van der Waals surface area contributed by atoms with Gasteiger partial charge < -0.3 is 18.1 Å². The van der Waals surface area contributed by atoms with Crippen molar-refractivity contribution in [3.63, 3.8) is 0 Å². The number of hydrogen-bond acceptors (Lipinski definition) is 3. The molecule has 0 amide bonds. The van der Waals surface area contributed by atoms with Gasteiger partial charge in [0.2, 0.25) is 0 Å². The molecule has 6 heteroatoms. The fraction of sp³-hybridized carbons (Fsp3) is 0.172. The fourth-order valence-corrected chi connectivity index (χ4v) is 10.5. The van der Waals surface area contributed by atoms with Gasteiger partial charge in [-0.15, -0.1) is 0 Å². The Morgan fingerprint density at radius 2 is 1.12 bits per heavy atom. The van der Waals surface area contributed by atoms with Crippen LogP contribution >= 0.6 is 0 Å². The first-order valence-electron chi connectivity index (χ1n) is 22.2. The maximum absolute atomic E-state index is 11.5. The number of hydrogen-bond donors (Lipinski definition) is 0. The summed E-state index contributed by atoms with van der Waals surface area (Å²) in [5, 5.41) is 29.9. The van der Waals surface area contributed by atoms with E-state index in [2.05, 4.69) is 177 Å². The summed E-state index contributed by atoms with van der Waals surface area (Å²) in [7, 11) is 0. The van der Waals surface area contributed by atoms with E-state index in [9.17, 15) is 10.5 Å². The van der Waals surface area contributed by atoms with Crippen LogP contribution in [0.25, 0.3) is 99.6 Å². The normalized spacial score (nSPS) is 13.2. The summed E-state index contributed by atoms with van der Waals surface area (Å²) in [4.78, 5) is 0. The van der Waals surface area contributed by atoms with Crippen molar-refractivity contribution in [2.75, 3.05) is 0 Å². The fourth-order valence-electron chi connectivity index (χ4n) is 10.5. The van der Waals surface area contributed by atoms with Crippen LogP contribution in [0.2, 0.25) is 0 Å². The molecule has 0 fully saturated rings. The highest BCUT2D eigenvalue weighted by atomic mass is 16.3. The molecule has 64 heavy (non-hydrogen) atoms. The number of aryl methyl sites for hydroxylation is 1. The monoisotopic (exact) mass is 827 g/mol. The van der Waals surface area contributed by atoms with E-state index in [4.69, 9.17) is 4.42 Å². The zero-order valence-corrected chi connectivity index (χ0v) is 36.8. The van der Waals surface area contributed by atoms with Crippen molar-refractivity contribution in [2.45, 2.75) is 65.2 Å². The van der Waals surface area contributed by atoms with Crippen LogP contribution in [-0.4, -0.2) is 13.7 Å². The van der Waals surface area contributed by atoms with Crippen molar-refractivity contribution in [3.8, 4) is 29.2 Å². The number of benzene rings is 7. The third-order valence-corrected chi connectivity index (χ3v) is 13.7. The summed E-state index contributed by atoms with van der Waals surface area (Å²) in [5.74, 6) is 0. The Balaban J connectivity index is 1.19. The van der Waals surface area contributed by atoms with Gasteiger partial charge in [-0.1, -0.05) is 96.1 Å². The van der Waals surface area contributed by atoms with E-state index in [-0.39, 0.29) is 10.8 Å². The van der Waals surface area contributed by atoms with E-state index in [1.165, 1.54) is 33.3 Å². The van der Waals surface area contributed by atoms with E-state index in [1.807, 2.05) is 30.3 Å². The number of nitrogens with zero attached hydrogens (tertiary/aromatic N) is 5. The van der Waals surface area contributed by atoms with Gasteiger partial charge in [-0.25, -0.2) is 0 Å². The van der Waals surface area contributed by atoms with Crippen molar-refractivity contribution in [2.24, 2.45) is 0 Å². The average molecular weight is 828 g/mol. The second kappa shape index (κ2) is 13.4. The summed E-state index contributed by atoms with van der Waals surface area (Å²) >= 11 is 0. The topological polar surface area (TPSA) is 75.5 Å². The molecular formula is C58H45N5O. The SMILES string of the molecule is CC(C)(C)c1ccc2c(c1)c1cc(C(C)(C)C)ccc1n2-c1cc(C#N)cc(-n2c3ccc(-n4c5c(c6ccccc64)CCC=C5)cc3c3c4oc5ccccc5c4ccc32)c1C#N. The first-order valence-corrected chi connectivity index (χ1v) is 22.2. The highest BCUT2D eigenvalue weighted by Gasteiger charge is 2.27. The Labute approximate surface area is 371 Å². The van der Waals surface area contributed by atoms with Crippen molar-refractivity contribution in [1.29, 1.82) is 10.5 Å². The molecule has 1 aliphatic rings. The number of furan rings is 1. The summed E-state index contributed by atoms with van der Waals surface area (Å²) in [6.07, 6.45) is 6.55. The molecule has 0 radical (unpaired) electrons. The molecule has 0 saturated carbocycles. The lowest BCUT2D eigenvalue weighted by Gasteiger charge is -2.19. The molecule has 4 aromatic heterocycles. The third-order valence-electron chi connectivity index (χ3n) is 13.7. The lowest BCUT2D eigenvalue weighted by molar-refractivity contribution is 0.590. The van der Waals surface area contributed by atoms with Crippen LogP contribution in [0.3, 0.4) is 0 Å². The van der Waals surface area contributed by atoms with Crippen LogP contribution in [0.4, 0.5) is 0 Å². The van der Waals surface area contributed by atoms with Crippen LogP contribution in [0.5, 0.6) is 0 Å². The molecule has 6 nitrogen and oxygen atoms in total. The van der Waals surface area contributed by atoms with Crippen molar-refractivity contribution in [3.05, 3.63) is 167 Å². The van der Waals surface area contributed by atoms with Crippen molar-refractivity contribution < 1.29 is 4.42 Å². The first kappa shape index (κ1) is 37.9. The molecule has 1 aliphatic carbocycles. The number of para-hydroxylation sites is 2. The summed E-state index contributed by atoms with van der Waals surface area (Å²) in [6.45, 7) is 13.4. The van der Waals surface area contributed by atoms with E-state index < -0.39 is 0 Å². The zero-order chi connectivity index (χ0) is 43.8. The molecule has 0 spiro atoms. The van der Waals surface area contributed by atoms with Gasteiger partial charge >= 0.3 is 0 Å². The van der Waals surface area contributed by atoms with Gasteiger partial charge in [0.25, 0.3) is 0 Å². The van der Waals surface area contributed by atoms with Crippen LogP contribution in [0.1, 0.15) is 81.5 Å². The van der Waals surface area contributed by atoms with Gasteiger partial charge in [0.15, 0.2) is 0 Å². The molecule has 4 heterocycles. The second-order valence-electron chi connectivity index (χ2n) is 19.5. The minimum atomic E-state index is -0.0673. The molecule has 11 aromatic rings. The maximum atomic E-state index is 11.5. The van der Waals surface area contributed by atoms with Crippen LogP contribution in [0, 0.1) is 22.7 Å². The van der Waals surface area contributed by atoms with Gasteiger partial charge in [-0.3, -0.25) is 0 Å². The lowest BCUT2D eigenvalue weighted by atomic mass is 9.85. The van der Waals surface area contributed by atoms with Gasteiger partial charge in [0, 0.05) is 43.7 Å². The average Bonchev–Trinajstić information content (AvgIpc) is 4.03. The Kier molecular flexibility index (Phi) is 7.91. The van der Waals surface area contributed by atoms with E-state index in [0.717, 1.165) is 84.1 Å². The lowest BCUT2D eigenvalue weighted by Crippen LogP contribution is -2.10. The first-order chi connectivity index (χ1) is 30.9. The Morgan fingerprint density at radius 1 is 0.531 bits per heavy atom. The molecule has 12 rings (SSSR count). The molecular weight excluding hydrogens is 783 g/mol. The predicted molar refractivity (Wildman–Crippen MR) is 263 cm³/mol. The molecule has 308 valence electrons. The van der Waals surface area contributed by atoms with Gasteiger partial charge in [-0.05, 0) is 125 Å². The molecule has 0 atom stereocenters. The van der Waals surface area contributed by atoms with Gasteiger partial charge in [0.1, 0.15) is 22.8 Å². The Hall–Kier alpha value is -7.80. The Bertz CT molecular complexity index is 3870. The quantitative estimate of drug-likeness (QED) is 0.178. The minimum absolute atomic E-state index is 0.0673. The number of nitriles is 2. The summed E-state index contributed by atoms with van der Waals surface area (Å²) in [5.41, 5.74) is 14.8. The van der Waals surface area contributed by atoms with Crippen molar-refractivity contribution >= 4 is 82.5 Å². The Morgan fingerprint density at radius 3 is 1.80 bits per heavy atom. The van der Waals surface area contributed by atoms with E-state index in [0.29, 0.717) is 22.5 Å². The third kappa shape index (κ3) is 5.36. The molecule has 7 aromatic carbocycles. The number of rotatable bonds is 3. The van der Waals surface area contributed by atoms with E-state index in [1.54, 1.807) is 0 Å². The minimum Gasteiger partial charge on any atom is -0.455 e. The molecule has 0 aliphatic heterocycles. The summed E-state index contributed by atoms with van der Waals surface area (Å²) in [6, 6.07) is 50.1. The maximum Gasteiger partial charge on any atom is 0.145 e. The molecule has 0 unspecified atom stereocenters. The predicted octanol–water partition coefficient (Wildman–Crippen LogP) is 15.0. The molecule has 0 saturated heterocycles. The van der Waals surface area contributed by atoms with E-state index >= 15 is 0 Å². The number of aromatic nitrogens is 3. The largest absolute Gasteiger partial charge is 0.455 e. The second-order valence-corrected chi connectivity index (χ2v) is 19.5.